The minimum Gasteiger partial charge on any atom is -0.364 e. The molecule has 4 heteroatoms. The Hall–Kier alpha value is -1.52. The minimum atomic E-state index is 0.846. The van der Waals surface area contributed by atoms with Crippen molar-refractivity contribution in [3.8, 4) is 0 Å². The summed E-state index contributed by atoms with van der Waals surface area (Å²) < 4.78 is 0. The molecular weight excluding hydrogens is 260 g/mol. The molecule has 0 amide bonds. The summed E-state index contributed by atoms with van der Waals surface area (Å²) in [7, 11) is 6.30. The molecule has 0 unspecified atom stereocenters. The van der Waals surface area contributed by atoms with E-state index in [1.807, 2.05) is 0 Å². The van der Waals surface area contributed by atoms with E-state index < -0.39 is 0 Å². The fourth-order valence-corrected chi connectivity index (χ4v) is 1.77. The van der Waals surface area contributed by atoms with E-state index in [2.05, 4.69) is 74.7 Å². The third-order valence-corrected chi connectivity index (χ3v) is 3.22. The smallest absolute Gasteiger partial charge is 0.0386 e. The highest BCUT2D eigenvalue weighted by atomic mass is 15.2. The molecule has 0 fully saturated rings. The Bertz CT molecular complexity index is 380. The van der Waals surface area contributed by atoms with Gasteiger partial charge in [0.15, 0.2) is 0 Å². The topological polar surface area (TPSA) is 30.5 Å². The van der Waals surface area contributed by atoms with Crippen LogP contribution in [-0.2, 0) is 0 Å². The van der Waals surface area contributed by atoms with Gasteiger partial charge >= 0.3 is 0 Å². The first kappa shape index (κ1) is 19.5. The third-order valence-electron chi connectivity index (χ3n) is 3.22. The van der Waals surface area contributed by atoms with Crippen LogP contribution >= 0.6 is 0 Å². The number of nitrogens with zero attached hydrogens (tertiary/aromatic N) is 2. The fraction of sp³-hybridized carbons (Fsp3) is 0.529. The highest BCUT2D eigenvalue weighted by Crippen LogP contribution is 2.09. The predicted molar refractivity (Wildman–Crippen MR) is 93.8 cm³/mol. The lowest BCUT2D eigenvalue weighted by molar-refractivity contribution is 0.295. The quantitative estimate of drug-likeness (QED) is 0.573. The summed E-state index contributed by atoms with van der Waals surface area (Å²) in [6.07, 6.45) is 6.57. The molecule has 0 aromatic rings. The second-order valence-corrected chi connectivity index (χ2v) is 5.46. The molecule has 0 atom stereocenters. The molecule has 0 aromatic carbocycles. The van der Waals surface area contributed by atoms with Gasteiger partial charge in [-0.2, -0.15) is 0 Å². The average molecular weight is 292 g/mol. The molecule has 21 heavy (non-hydrogen) atoms. The summed E-state index contributed by atoms with van der Waals surface area (Å²) in [5, 5.41) is 6.44. The number of rotatable bonds is 11. The van der Waals surface area contributed by atoms with E-state index in [-0.39, 0.29) is 0 Å². The third kappa shape index (κ3) is 9.10. The van der Waals surface area contributed by atoms with Gasteiger partial charge in [-0.15, -0.1) is 0 Å². The molecule has 0 aliphatic carbocycles. The predicted octanol–water partition coefficient (Wildman–Crippen LogP) is 2.51. The highest BCUT2D eigenvalue weighted by molar-refractivity contribution is 5.28. The highest BCUT2D eigenvalue weighted by Gasteiger charge is 2.05. The number of hydrogen-bond acceptors (Lipinski definition) is 4. The summed E-state index contributed by atoms with van der Waals surface area (Å²) in [6.45, 7) is 14.7. The zero-order valence-corrected chi connectivity index (χ0v) is 14.4. The van der Waals surface area contributed by atoms with E-state index in [1.165, 1.54) is 5.57 Å². The molecule has 0 aliphatic heterocycles. The lowest BCUT2D eigenvalue weighted by Gasteiger charge is -2.21. The minimum absolute atomic E-state index is 0.846. The lowest BCUT2D eigenvalue weighted by Crippen LogP contribution is -2.32. The summed E-state index contributed by atoms with van der Waals surface area (Å²) in [5.74, 6) is 0. The zero-order chi connectivity index (χ0) is 16.3. The van der Waals surface area contributed by atoms with E-state index in [0.717, 1.165) is 37.4 Å². The molecule has 0 heterocycles. The van der Waals surface area contributed by atoms with Gasteiger partial charge in [0.05, 0.1) is 0 Å². The van der Waals surface area contributed by atoms with Gasteiger partial charge < -0.3 is 15.5 Å². The van der Waals surface area contributed by atoms with Crippen LogP contribution in [-0.4, -0.2) is 50.6 Å². The largest absolute Gasteiger partial charge is 0.364 e. The number of likely N-dealkylation sites (N-methyl/N-ethyl adjacent to an activating group) is 2. The van der Waals surface area contributed by atoms with Gasteiger partial charge in [0, 0.05) is 31.0 Å². The van der Waals surface area contributed by atoms with Crippen molar-refractivity contribution in [2.75, 3.05) is 40.8 Å². The van der Waals surface area contributed by atoms with Gasteiger partial charge in [-0.3, -0.25) is 4.90 Å². The molecule has 0 bridgehead atoms. The monoisotopic (exact) mass is 292 g/mol. The first-order valence-corrected chi connectivity index (χ1v) is 7.43. The lowest BCUT2D eigenvalue weighted by atomic mass is 10.1. The molecule has 0 radical (unpaired) electrons. The Morgan fingerprint density at radius 1 is 1.05 bits per heavy atom. The van der Waals surface area contributed by atoms with Crippen LogP contribution < -0.4 is 10.6 Å². The van der Waals surface area contributed by atoms with Crippen molar-refractivity contribution in [3.05, 3.63) is 48.6 Å². The van der Waals surface area contributed by atoms with Crippen molar-refractivity contribution in [2.24, 2.45) is 0 Å². The van der Waals surface area contributed by atoms with Crippen molar-refractivity contribution >= 4 is 0 Å². The van der Waals surface area contributed by atoms with Crippen LogP contribution in [0.3, 0.4) is 0 Å². The SMILES string of the molecule is C=CNC(/C=C(\CN(C)CCN(C)C)NC=C)=C(/C)CC. The van der Waals surface area contributed by atoms with E-state index >= 15 is 0 Å². The van der Waals surface area contributed by atoms with Crippen LogP contribution in [0.2, 0.25) is 0 Å². The van der Waals surface area contributed by atoms with E-state index in [0.29, 0.717) is 0 Å². The second-order valence-electron chi connectivity index (χ2n) is 5.46. The average Bonchev–Trinajstić information content (AvgIpc) is 2.44. The van der Waals surface area contributed by atoms with Gasteiger partial charge in [0.2, 0.25) is 0 Å². The second kappa shape index (κ2) is 11.2. The van der Waals surface area contributed by atoms with Gasteiger partial charge in [-0.05, 0) is 53.0 Å². The van der Waals surface area contributed by atoms with Crippen LogP contribution in [0.1, 0.15) is 20.3 Å². The van der Waals surface area contributed by atoms with Gasteiger partial charge in [0.25, 0.3) is 0 Å². The number of nitrogens with one attached hydrogen (secondary N) is 2. The van der Waals surface area contributed by atoms with E-state index in [9.17, 15) is 0 Å². The van der Waals surface area contributed by atoms with Crippen molar-refractivity contribution < 1.29 is 0 Å². The molecule has 0 rings (SSSR count). The summed E-state index contributed by atoms with van der Waals surface area (Å²) in [5.41, 5.74) is 3.51. The van der Waals surface area contributed by atoms with Crippen LogP contribution in [0.4, 0.5) is 0 Å². The van der Waals surface area contributed by atoms with Crippen LogP contribution in [0, 0.1) is 0 Å². The Kier molecular flexibility index (Phi) is 10.4. The molecule has 120 valence electrons. The Morgan fingerprint density at radius 2 is 1.67 bits per heavy atom. The Morgan fingerprint density at radius 3 is 2.14 bits per heavy atom. The van der Waals surface area contributed by atoms with Crippen LogP contribution in [0.15, 0.2) is 48.6 Å². The molecule has 0 aliphatic rings. The van der Waals surface area contributed by atoms with Gasteiger partial charge in [-0.1, -0.05) is 25.7 Å². The summed E-state index contributed by atoms with van der Waals surface area (Å²) in [6, 6.07) is 0. The summed E-state index contributed by atoms with van der Waals surface area (Å²) >= 11 is 0. The van der Waals surface area contributed by atoms with Gasteiger partial charge in [-0.25, -0.2) is 0 Å². The van der Waals surface area contributed by atoms with Crippen molar-refractivity contribution in [1.82, 2.24) is 20.4 Å². The van der Waals surface area contributed by atoms with Gasteiger partial charge in [0.1, 0.15) is 0 Å². The number of allylic oxidation sites excluding steroid dienone is 2. The number of hydrogen-bond donors (Lipinski definition) is 2. The molecule has 0 saturated heterocycles. The maximum Gasteiger partial charge on any atom is 0.0386 e. The Balaban J connectivity index is 4.96. The maximum absolute atomic E-state index is 3.76. The molecule has 4 nitrogen and oxygen atoms in total. The molecule has 2 N–H and O–H groups in total. The van der Waals surface area contributed by atoms with E-state index in [4.69, 9.17) is 0 Å². The summed E-state index contributed by atoms with van der Waals surface area (Å²) in [4.78, 5) is 4.47. The molecule has 0 aromatic heterocycles. The first-order valence-electron chi connectivity index (χ1n) is 7.43. The normalized spacial score (nSPS) is 13.2. The van der Waals surface area contributed by atoms with Crippen LogP contribution in [0.5, 0.6) is 0 Å². The van der Waals surface area contributed by atoms with Crippen molar-refractivity contribution in [2.45, 2.75) is 20.3 Å². The van der Waals surface area contributed by atoms with Crippen molar-refractivity contribution in [1.29, 1.82) is 0 Å². The maximum atomic E-state index is 3.76. The van der Waals surface area contributed by atoms with Crippen LogP contribution in [0.25, 0.3) is 0 Å². The van der Waals surface area contributed by atoms with E-state index in [1.54, 1.807) is 12.4 Å². The standard InChI is InChI=1S/C17H32N4/c1-8-15(4)17(19-10-3)13-16(18-9-2)14-21(7)12-11-20(5)6/h9-10,13,18-19H,2-3,8,11-12,14H2,1,4-7H3/b16-13+,17-15-. The molecular formula is C17H32N4. The first-order chi connectivity index (χ1) is 9.94. The fourth-order valence-electron chi connectivity index (χ4n) is 1.77. The molecule has 0 spiro atoms. The Labute approximate surface area is 130 Å². The molecule has 0 saturated carbocycles. The zero-order valence-electron chi connectivity index (χ0n) is 14.4. The van der Waals surface area contributed by atoms with Crippen molar-refractivity contribution in [3.63, 3.8) is 0 Å².